The molecule has 0 unspecified atom stereocenters. The van der Waals surface area contributed by atoms with E-state index in [1.54, 1.807) is 6.07 Å². The smallest absolute Gasteiger partial charge is 0.140 e. The first kappa shape index (κ1) is 14.1. The van der Waals surface area contributed by atoms with E-state index in [-0.39, 0.29) is 5.56 Å². The molecule has 0 radical (unpaired) electrons. The van der Waals surface area contributed by atoms with Crippen LogP contribution < -0.4 is 5.73 Å². The van der Waals surface area contributed by atoms with Crippen LogP contribution in [-0.4, -0.2) is 9.55 Å². The van der Waals surface area contributed by atoms with Crippen molar-refractivity contribution in [2.24, 2.45) is 5.92 Å². The van der Waals surface area contributed by atoms with Crippen LogP contribution in [0.15, 0.2) is 18.2 Å². The Morgan fingerprint density at radius 1 is 1.45 bits per heavy atom. The van der Waals surface area contributed by atoms with Gasteiger partial charge < -0.3 is 10.3 Å². The first-order chi connectivity index (χ1) is 9.43. The summed E-state index contributed by atoms with van der Waals surface area (Å²) in [6, 6.07) is 6.17. The summed E-state index contributed by atoms with van der Waals surface area (Å²) in [7, 11) is 0. The molecular formula is C15H17FN4. The number of nitrogens with zero attached hydrogens (tertiary/aromatic N) is 3. The zero-order valence-corrected chi connectivity index (χ0v) is 11.8. The molecule has 0 amide bonds. The molecule has 20 heavy (non-hydrogen) atoms. The minimum Gasteiger partial charge on any atom is -0.383 e. The number of nitrogens with two attached hydrogens (primary N) is 1. The molecule has 0 aliphatic carbocycles. The lowest BCUT2D eigenvalue weighted by molar-refractivity contribution is 0.518. The van der Waals surface area contributed by atoms with Gasteiger partial charge >= 0.3 is 0 Å². The maximum Gasteiger partial charge on any atom is 0.140 e. The van der Waals surface area contributed by atoms with Gasteiger partial charge in [0.05, 0.1) is 5.56 Å². The van der Waals surface area contributed by atoms with Crippen molar-refractivity contribution in [3.63, 3.8) is 0 Å². The molecule has 2 rings (SSSR count). The number of aryl methyl sites for hydroxylation is 1. The molecule has 4 nitrogen and oxygen atoms in total. The van der Waals surface area contributed by atoms with Gasteiger partial charge in [0.15, 0.2) is 0 Å². The number of nitriles is 1. The number of benzene rings is 1. The van der Waals surface area contributed by atoms with Crippen LogP contribution >= 0.6 is 0 Å². The third kappa shape index (κ3) is 2.50. The molecule has 0 saturated heterocycles. The fourth-order valence-electron chi connectivity index (χ4n) is 2.15. The molecule has 2 aromatic rings. The molecule has 2 N–H and O–H groups in total. The van der Waals surface area contributed by atoms with E-state index in [1.807, 2.05) is 17.6 Å². The van der Waals surface area contributed by atoms with Crippen LogP contribution in [0.5, 0.6) is 0 Å². The van der Waals surface area contributed by atoms with Crippen LogP contribution in [0.4, 0.5) is 10.2 Å². The van der Waals surface area contributed by atoms with E-state index in [4.69, 9.17) is 11.0 Å². The number of rotatable bonds is 3. The Labute approximate surface area is 117 Å². The zero-order chi connectivity index (χ0) is 14.9. The predicted molar refractivity (Wildman–Crippen MR) is 76.3 cm³/mol. The van der Waals surface area contributed by atoms with E-state index in [2.05, 4.69) is 18.8 Å². The average molecular weight is 272 g/mol. The Hall–Kier alpha value is -2.35. The van der Waals surface area contributed by atoms with E-state index in [1.165, 1.54) is 12.1 Å². The van der Waals surface area contributed by atoms with Gasteiger partial charge in [0.1, 0.15) is 29.2 Å². The van der Waals surface area contributed by atoms with Crippen LogP contribution in [0, 0.1) is 30.0 Å². The van der Waals surface area contributed by atoms with Gasteiger partial charge in [-0.05, 0) is 31.0 Å². The van der Waals surface area contributed by atoms with E-state index in [9.17, 15) is 4.39 Å². The van der Waals surface area contributed by atoms with Crippen molar-refractivity contribution in [1.29, 1.82) is 5.26 Å². The largest absolute Gasteiger partial charge is 0.383 e. The number of hydrogen-bond acceptors (Lipinski definition) is 3. The quantitative estimate of drug-likeness (QED) is 0.933. The molecule has 0 atom stereocenters. The Morgan fingerprint density at radius 2 is 2.15 bits per heavy atom. The van der Waals surface area contributed by atoms with Crippen molar-refractivity contribution < 1.29 is 4.39 Å². The van der Waals surface area contributed by atoms with Gasteiger partial charge in [-0.15, -0.1) is 0 Å². The summed E-state index contributed by atoms with van der Waals surface area (Å²) in [5.41, 5.74) is 7.39. The third-order valence-corrected chi connectivity index (χ3v) is 3.11. The molecule has 1 aromatic heterocycles. The van der Waals surface area contributed by atoms with E-state index in [0.717, 1.165) is 12.4 Å². The van der Waals surface area contributed by atoms with E-state index < -0.39 is 5.82 Å². The molecular weight excluding hydrogens is 255 g/mol. The minimum absolute atomic E-state index is 0.00189. The lowest BCUT2D eigenvalue weighted by Crippen LogP contribution is -2.09. The standard InChI is InChI=1S/C15H17FN4/c1-9(2)8-20-10(3)19-14(15(20)18)11-4-5-13(16)12(6-11)7-17/h4-6,9H,8,18H2,1-3H3. The Balaban J connectivity index is 2.52. The number of aromatic nitrogens is 2. The van der Waals surface area contributed by atoms with E-state index >= 15 is 0 Å². The molecule has 0 aliphatic rings. The molecule has 0 spiro atoms. The summed E-state index contributed by atoms with van der Waals surface area (Å²) in [5, 5.41) is 8.89. The SMILES string of the molecule is Cc1nc(-c2ccc(F)c(C#N)c2)c(N)n1CC(C)C. The normalized spacial score (nSPS) is 10.8. The summed E-state index contributed by atoms with van der Waals surface area (Å²) in [5.74, 6) is 1.27. The maximum atomic E-state index is 13.4. The van der Waals surface area contributed by atoms with E-state index in [0.29, 0.717) is 23.0 Å². The second-order valence-electron chi connectivity index (χ2n) is 5.20. The van der Waals surface area contributed by atoms with Crippen LogP contribution in [0.3, 0.4) is 0 Å². The molecule has 0 fully saturated rings. The highest BCUT2D eigenvalue weighted by Gasteiger charge is 2.15. The minimum atomic E-state index is -0.534. The van der Waals surface area contributed by atoms with Gasteiger partial charge in [0.2, 0.25) is 0 Å². The summed E-state index contributed by atoms with van der Waals surface area (Å²) in [4.78, 5) is 4.44. The van der Waals surface area contributed by atoms with Crippen molar-refractivity contribution in [3.05, 3.63) is 35.4 Å². The Morgan fingerprint density at radius 3 is 2.75 bits per heavy atom. The lowest BCUT2D eigenvalue weighted by Gasteiger charge is -2.10. The molecule has 104 valence electrons. The second-order valence-corrected chi connectivity index (χ2v) is 5.20. The highest BCUT2D eigenvalue weighted by Crippen LogP contribution is 2.28. The fraction of sp³-hybridized carbons (Fsp3) is 0.333. The van der Waals surface area contributed by atoms with Gasteiger partial charge in [0, 0.05) is 12.1 Å². The molecule has 1 heterocycles. The van der Waals surface area contributed by atoms with Crippen molar-refractivity contribution in [2.45, 2.75) is 27.3 Å². The summed E-state index contributed by atoms with van der Waals surface area (Å²) >= 11 is 0. The highest BCUT2D eigenvalue weighted by molar-refractivity contribution is 5.72. The van der Waals surface area contributed by atoms with Crippen molar-refractivity contribution >= 4 is 5.82 Å². The second kappa shape index (κ2) is 5.33. The summed E-state index contributed by atoms with van der Waals surface area (Å²) in [6.07, 6.45) is 0. The van der Waals surface area contributed by atoms with Crippen LogP contribution in [0.2, 0.25) is 0 Å². The summed E-state index contributed by atoms with van der Waals surface area (Å²) in [6.45, 7) is 6.86. The number of halogens is 1. The third-order valence-electron chi connectivity index (χ3n) is 3.11. The van der Waals surface area contributed by atoms with Crippen molar-refractivity contribution in [2.75, 3.05) is 5.73 Å². The molecule has 0 saturated carbocycles. The number of imidazole rings is 1. The number of nitrogen functional groups attached to an aromatic ring is 1. The number of anilines is 1. The topological polar surface area (TPSA) is 67.6 Å². The van der Waals surface area contributed by atoms with Gasteiger partial charge in [-0.2, -0.15) is 5.26 Å². The van der Waals surface area contributed by atoms with Crippen LogP contribution in [0.1, 0.15) is 25.2 Å². The van der Waals surface area contributed by atoms with Crippen LogP contribution in [0.25, 0.3) is 11.3 Å². The number of hydrogen-bond donors (Lipinski definition) is 1. The molecule has 0 aliphatic heterocycles. The van der Waals surface area contributed by atoms with Gasteiger partial charge in [-0.1, -0.05) is 13.8 Å². The Kier molecular flexibility index (Phi) is 3.75. The van der Waals surface area contributed by atoms with Crippen LogP contribution in [-0.2, 0) is 6.54 Å². The summed E-state index contributed by atoms with van der Waals surface area (Å²) < 4.78 is 15.3. The lowest BCUT2D eigenvalue weighted by atomic mass is 10.1. The Bertz CT molecular complexity index is 680. The van der Waals surface area contributed by atoms with Gasteiger partial charge in [-0.25, -0.2) is 9.37 Å². The monoisotopic (exact) mass is 272 g/mol. The predicted octanol–water partition coefficient (Wildman–Crippen LogP) is 3.11. The molecule has 5 heteroatoms. The maximum absolute atomic E-state index is 13.4. The highest BCUT2D eigenvalue weighted by atomic mass is 19.1. The first-order valence-electron chi connectivity index (χ1n) is 6.46. The fourth-order valence-corrected chi connectivity index (χ4v) is 2.15. The molecule has 1 aromatic carbocycles. The molecule has 0 bridgehead atoms. The van der Waals surface area contributed by atoms with Gasteiger partial charge in [-0.3, -0.25) is 0 Å². The van der Waals surface area contributed by atoms with Crippen molar-refractivity contribution in [3.8, 4) is 17.3 Å². The average Bonchev–Trinajstić information content (AvgIpc) is 2.67. The zero-order valence-electron chi connectivity index (χ0n) is 11.8. The van der Waals surface area contributed by atoms with Crippen molar-refractivity contribution in [1.82, 2.24) is 9.55 Å². The first-order valence-corrected chi connectivity index (χ1v) is 6.46. The van der Waals surface area contributed by atoms with Gasteiger partial charge in [0.25, 0.3) is 0 Å².